The zero-order chi connectivity index (χ0) is 15.1. The Kier molecular flexibility index (Phi) is 3.56. The SMILES string of the molecule is O=C(O)c1ccc(N2C(=O)C3=C(CCCC3)C2=O)c(I)c1. The van der Waals surface area contributed by atoms with Crippen LogP contribution in [0.3, 0.4) is 0 Å². The summed E-state index contributed by atoms with van der Waals surface area (Å²) in [6.07, 6.45) is 3.17. The molecule has 5 nitrogen and oxygen atoms in total. The van der Waals surface area contributed by atoms with Crippen LogP contribution < -0.4 is 4.90 Å². The molecular formula is C15H12INO4. The van der Waals surface area contributed by atoms with Crippen molar-refractivity contribution in [1.82, 2.24) is 0 Å². The Hall–Kier alpha value is -1.70. The quantitative estimate of drug-likeness (QED) is 0.615. The lowest BCUT2D eigenvalue weighted by Gasteiger charge is -2.17. The molecule has 1 heterocycles. The van der Waals surface area contributed by atoms with Gasteiger partial charge in [0.05, 0.1) is 11.3 Å². The minimum atomic E-state index is -1.03. The van der Waals surface area contributed by atoms with Gasteiger partial charge < -0.3 is 5.11 Å². The Labute approximate surface area is 134 Å². The average Bonchev–Trinajstić information content (AvgIpc) is 2.72. The number of imide groups is 1. The zero-order valence-electron chi connectivity index (χ0n) is 11.1. The van der Waals surface area contributed by atoms with Crippen molar-refractivity contribution in [2.24, 2.45) is 0 Å². The van der Waals surface area contributed by atoms with E-state index in [4.69, 9.17) is 5.11 Å². The van der Waals surface area contributed by atoms with E-state index in [1.54, 1.807) is 0 Å². The first-order chi connectivity index (χ1) is 10.0. The Morgan fingerprint density at radius 2 is 1.67 bits per heavy atom. The highest BCUT2D eigenvalue weighted by Crippen LogP contribution is 2.37. The second-order valence-electron chi connectivity index (χ2n) is 5.08. The predicted molar refractivity (Wildman–Crippen MR) is 84.1 cm³/mol. The van der Waals surface area contributed by atoms with Crippen molar-refractivity contribution in [3.8, 4) is 0 Å². The van der Waals surface area contributed by atoms with Crippen LogP contribution in [0.4, 0.5) is 5.69 Å². The molecule has 0 spiro atoms. The lowest BCUT2D eigenvalue weighted by molar-refractivity contribution is -0.120. The molecule has 2 amide bonds. The minimum Gasteiger partial charge on any atom is -0.478 e. The summed E-state index contributed by atoms with van der Waals surface area (Å²) in [5.41, 5.74) is 1.86. The van der Waals surface area contributed by atoms with Crippen LogP contribution in [0.15, 0.2) is 29.3 Å². The number of amides is 2. The summed E-state index contributed by atoms with van der Waals surface area (Å²) in [5, 5.41) is 8.98. The lowest BCUT2D eigenvalue weighted by atomic mass is 9.93. The lowest BCUT2D eigenvalue weighted by Crippen LogP contribution is -2.32. The third kappa shape index (κ3) is 2.27. The molecule has 0 unspecified atom stereocenters. The van der Waals surface area contributed by atoms with Crippen LogP contribution in [0.2, 0.25) is 0 Å². The van der Waals surface area contributed by atoms with Crippen molar-refractivity contribution in [3.63, 3.8) is 0 Å². The van der Waals surface area contributed by atoms with Crippen molar-refractivity contribution in [2.45, 2.75) is 25.7 Å². The van der Waals surface area contributed by atoms with E-state index in [0.29, 0.717) is 33.2 Å². The topological polar surface area (TPSA) is 74.7 Å². The highest BCUT2D eigenvalue weighted by molar-refractivity contribution is 14.1. The summed E-state index contributed by atoms with van der Waals surface area (Å²) in [6.45, 7) is 0. The van der Waals surface area contributed by atoms with Gasteiger partial charge in [-0.3, -0.25) is 9.59 Å². The number of carboxylic acid groups (broad SMARTS) is 1. The number of halogens is 1. The molecule has 2 aliphatic rings. The van der Waals surface area contributed by atoms with Gasteiger partial charge >= 0.3 is 5.97 Å². The molecule has 3 rings (SSSR count). The molecule has 6 heteroatoms. The van der Waals surface area contributed by atoms with E-state index in [-0.39, 0.29) is 17.4 Å². The van der Waals surface area contributed by atoms with Crippen molar-refractivity contribution in [1.29, 1.82) is 0 Å². The molecular weight excluding hydrogens is 385 g/mol. The Balaban J connectivity index is 2.01. The largest absolute Gasteiger partial charge is 0.478 e. The van der Waals surface area contributed by atoms with Gasteiger partial charge in [-0.2, -0.15) is 0 Å². The predicted octanol–water partition coefficient (Wildman–Crippen LogP) is 2.73. The second-order valence-corrected chi connectivity index (χ2v) is 6.24. The number of benzene rings is 1. The smallest absolute Gasteiger partial charge is 0.335 e. The fraction of sp³-hybridized carbons (Fsp3) is 0.267. The number of hydrogen-bond donors (Lipinski definition) is 1. The maximum atomic E-state index is 12.4. The fourth-order valence-electron chi connectivity index (χ4n) is 2.78. The maximum Gasteiger partial charge on any atom is 0.335 e. The zero-order valence-corrected chi connectivity index (χ0v) is 13.2. The third-order valence-electron chi connectivity index (χ3n) is 3.83. The Bertz CT molecular complexity index is 680. The minimum absolute atomic E-state index is 0.139. The Morgan fingerprint density at radius 3 is 2.14 bits per heavy atom. The number of rotatable bonds is 2. The number of nitrogens with zero attached hydrogens (tertiary/aromatic N) is 1. The van der Waals surface area contributed by atoms with Gasteiger partial charge in [0.1, 0.15) is 0 Å². The van der Waals surface area contributed by atoms with Crippen LogP contribution >= 0.6 is 22.6 Å². The van der Waals surface area contributed by atoms with Gasteiger partial charge in [0.25, 0.3) is 11.8 Å². The van der Waals surface area contributed by atoms with Crippen LogP contribution in [-0.4, -0.2) is 22.9 Å². The molecule has 1 aliphatic heterocycles. The van der Waals surface area contributed by atoms with E-state index in [2.05, 4.69) is 0 Å². The summed E-state index contributed by atoms with van der Waals surface area (Å²) in [5.74, 6) is -1.54. The van der Waals surface area contributed by atoms with Crippen LogP contribution in [0, 0.1) is 3.57 Å². The molecule has 0 fully saturated rings. The highest BCUT2D eigenvalue weighted by atomic mass is 127. The summed E-state index contributed by atoms with van der Waals surface area (Å²) >= 11 is 1.95. The molecule has 108 valence electrons. The number of anilines is 1. The molecule has 1 N–H and O–H groups in total. The average molecular weight is 397 g/mol. The molecule has 0 aromatic heterocycles. The van der Waals surface area contributed by atoms with E-state index < -0.39 is 5.97 Å². The number of aromatic carboxylic acids is 1. The second kappa shape index (κ2) is 5.25. The first-order valence-electron chi connectivity index (χ1n) is 6.64. The van der Waals surface area contributed by atoms with Crippen molar-refractivity contribution in [2.75, 3.05) is 4.90 Å². The molecule has 0 saturated carbocycles. The molecule has 0 atom stereocenters. The van der Waals surface area contributed by atoms with Crippen LogP contribution in [0.1, 0.15) is 36.0 Å². The van der Waals surface area contributed by atoms with Gasteiger partial charge in [0.15, 0.2) is 0 Å². The van der Waals surface area contributed by atoms with E-state index in [0.717, 1.165) is 12.8 Å². The third-order valence-corrected chi connectivity index (χ3v) is 4.69. The summed E-state index contributed by atoms with van der Waals surface area (Å²) < 4.78 is 0.578. The van der Waals surface area contributed by atoms with Gasteiger partial charge in [-0.05, 0) is 66.5 Å². The van der Waals surface area contributed by atoms with E-state index in [9.17, 15) is 14.4 Å². The molecule has 1 aromatic rings. The van der Waals surface area contributed by atoms with Gasteiger partial charge in [-0.15, -0.1) is 0 Å². The fourth-order valence-corrected chi connectivity index (χ4v) is 3.54. The summed E-state index contributed by atoms with van der Waals surface area (Å²) in [6, 6.07) is 4.41. The summed E-state index contributed by atoms with van der Waals surface area (Å²) in [7, 11) is 0. The van der Waals surface area contributed by atoms with Gasteiger partial charge in [-0.1, -0.05) is 0 Å². The first-order valence-corrected chi connectivity index (χ1v) is 7.72. The monoisotopic (exact) mass is 397 g/mol. The molecule has 0 bridgehead atoms. The molecule has 21 heavy (non-hydrogen) atoms. The number of hydrogen-bond acceptors (Lipinski definition) is 3. The molecule has 0 saturated heterocycles. The Morgan fingerprint density at radius 1 is 1.10 bits per heavy atom. The molecule has 1 aliphatic carbocycles. The van der Waals surface area contributed by atoms with Crippen molar-refractivity contribution in [3.05, 3.63) is 38.5 Å². The van der Waals surface area contributed by atoms with Crippen LogP contribution in [0.25, 0.3) is 0 Å². The summed E-state index contributed by atoms with van der Waals surface area (Å²) in [4.78, 5) is 37.0. The van der Waals surface area contributed by atoms with Crippen LogP contribution in [-0.2, 0) is 9.59 Å². The molecule has 0 radical (unpaired) electrons. The van der Waals surface area contributed by atoms with E-state index in [1.165, 1.54) is 23.1 Å². The van der Waals surface area contributed by atoms with E-state index in [1.807, 2.05) is 22.6 Å². The number of carbonyl (C=O) groups is 3. The maximum absolute atomic E-state index is 12.4. The van der Waals surface area contributed by atoms with E-state index >= 15 is 0 Å². The highest BCUT2D eigenvalue weighted by Gasteiger charge is 2.40. The number of carbonyl (C=O) groups excluding carboxylic acids is 2. The normalized spacial score (nSPS) is 18.2. The molecule has 1 aromatic carbocycles. The van der Waals surface area contributed by atoms with Gasteiger partial charge in [-0.25, -0.2) is 9.69 Å². The first kappa shape index (κ1) is 14.2. The standard InChI is InChI=1S/C15H12INO4/c16-11-7-8(15(20)21)5-6-12(11)17-13(18)9-3-1-2-4-10(9)14(17)19/h5-7H,1-4H2,(H,20,21). The van der Waals surface area contributed by atoms with Crippen molar-refractivity contribution >= 4 is 46.1 Å². The van der Waals surface area contributed by atoms with Crippen LogP contribution in [0.5, 0.6) is 0 Å². The van der Waals surface area contributed by atoms with Crippen molar-refractivity contribution < 1.29 is 19.5 Å². The van der Waals surface area contributed by atoms with Gasteiger partial charge in [0, 0.05) is 14.7 Å². The van der Waals surface area contributed by atoms with Gasteiger partial charge in [0.2, 0.25) is 0 Å². The number of carboxylic acids is 1.